The van der Waals surface area contributed by atoms with E-state index in [1.54, 1.807) is 67.8 Å². The van der Waals surface area contributed by atoms with E-state index in [0.29, 0.717) is 22.0 Å². The number of methoxy groups -OCH3 is 1. The molecule has 152 valence electrons. The van der Waals surface area contributed by atoms with E-state index in [-0.39, 0.29) is 5.70 Å². The van der Waals surface area contributed by atoms with Crippen molar-refractivity contribution in [3.63, 3.8) is 0 Å². The van der Waals surface area contributed by atoms with Crippen LogP contribution in [0.25, 0.3) is 6.08 Å². The van der Waals surface area contributed by atoms with E-state index in [4.69, 9.17) is 16.3 Å². The topological polar surface area (TPSA) is 67.4 Å². The SMILES string of the molecule is COc1ccc(/C=C(\NC(=O)c2cccc(Cl)c2)C(=O)Nc2cccc(C)c2)cc1. The monoisotopic (exact) mass is 420 g/mol. The third-order valence-corrected chi connectivity index (χ3v) is 4.52. The van der Waals surface area contributed by atoms with Gasteiger partial charge in [-0.05, 0) is 66.6 Å². The largest absolute Gasteiger partial charge is 0.497 e. The van der Waals surface area contributed by atoms with Gasteiger partial charge >= 0.3 is 0 Å². The van der Waals surface area contributed by atoms with E-state index in [1.807, 2.05) is 25.1 Å². The number of anilines is 1. The van der Waals surface area contributed by atoms with Gasteiger partial charge in [-0.15, -0.1) is 0 Å². The third-order valence-electron chi connectivity index (χ3n) is 4.28. The van der Waals surface area contributed by atoms with Crippen LogP contribution >= 0.6 is 11.6 Å². The minimum atomic E-state index is -0.438. The van der Waals surface area contributed by atoms with Gasteiger partial charge in [-0.2, -0.15) is 0 Å². The van der Waals surface area contributed by atoms with Gasteiger partial charge in [-0.3, -0.25) is 9.59 Å². The molecule has 0 saturated carbocycles. The maximum Gasteiger partial charge on any atom is 0.272 e. The lowest BCUT2D eigenvalue weighted by atomic mass is 10.1. The Morgan fingerprint density at radius 1 is 0.967 bits per heavy atom. The van der Waals surface area contributed by atoms with E-state index in [0.717, 1.165) is 11.1 Å². The Morgan fingerprint density at radius 2 is 1.70 bits per heavy atom. The van der Waals surface area contributed by atoms with Gasteiger partial charge in [-0.25, -0.2) is 0 Å². The molecule has 0 radical (unpaired) electrons. The summed E-state index contributed by atoms with van der Waals surface area (Å²) in [5.41, 5.74) is 2.84. The van der Waals surface area contributed by atoms with Crippen LogP contribution in [0.1, 0.15) is 21.5 Å². The first-order chi connectivity index (χ1) is 14.4. The summed E-state index contributed by atoms with van der Waals surface area (Å²) >= 11 is 5.98. The first-order valence-corrected chi connectivity index (χ1v) is 9.63. The predicted octanol–water partition coefficient (Wildman–Crippen LogP) is 5.07. The molecule has 0 fully saturated rings. The van der Waals surface area contributed by atoms with Crippen LogP contribution in [0.4, 0.5) is 5.69 Å². The molecule has 0 unspecified atom stereocenters. The highest BCUT2D eigenvalue weighted by Gasteiger charge is 2.15. The van der Waals surface area contributed by atoms with Crippen LogP contribution in [-0.2, 0) is 4.79 Å². The number of carbonyl (C=O) groups is 2. The highest BCUT2D eigenvalue weighted by atomic mass is 35.5. The number of hydrogen-bond donors (Lipinski definition) is 2. The summed E-state index contributed by atoms with van der Waals surface area (Å²) in [4.78, 5) is 25.6. The van der Waals surface area contributed by atoms with E-state index >= 15 is 0 Å². The lowest BCUT2D eigenvalue weighted by Gasteiger charge is -2.12. The van der Waals surface area contributed by atoms with E-state index in [2.05, 4.69) is 10.6 Å². The van der Waals surface area contributed by atoms with Crippen LogP contribution in [0.15, 0.2) is 78.5 Å². The fraction of sp³-hybridized carbons (Fsp3) is 0.0833. The van der Waals surface area contributed by atoms with E-state index in [1.165, 1.54) is 0 Å². The zero-order valence-corrected chi connectivity index (χ0v) is 17.4. The molecule has 30 heavy (non-hydrogen) atoms. The summed E-state index contributed by atoms with van der Waals surface area (Å²) in [6, 6.07) is 21.1. The molecule has 0 atom stereocenters. The second kappa shape index (κ2) is 9.76. The Bertz CT molecular complexity index is 1090. The number of amides is 2. The highest BCUT2D eigenvalue weighted by Crippen LogP contribution is 2.16. The van der Waals surface area contributed by atoms with Gasteiger partial charge in [-0.1, -0.05) is 41.9 Å². The van der Waals surface area contributed by atoms with Gasteiger partial charge in [0.1, 0.15) is 11.4 Å². The number of benzene rings is 3. The van der Waals surface area contributed by atoms with Crippen molar-refractivity contribution in [2.24, 2.45) is 0 Å². The van der Waals surface area contributed by atoms with E-state index in [9.17, 15) is 9.59 Å². The molecule has 2 N–H and O–H groups in total. The Hall–Kier alpha value is -3.57. The number of nitrogens with one attached hydrogen (secondary N) is 2. The van der Waals surface area contributed by atoms with Crippen LogP contribution in [0, 0.1) is 6.92 Å². The molecule has 3 aromatic rings. The molecular formula is C24H21ClN2O3. The van der Waals surface area contributed by atoms with Gasteiger partial charge in [0.05, 0.1) is 7.11 Å². The smallest absolute Gasteiger partial charge is 0.272 e. The number of carbonyl (C=O) groups excluding carboxylic acids is 2. The summed E-state index contributed by atoms with van der Waals surface area (Å²) in [6.07, 6.45) is 1.60. The first kappa shape index (κ1) is 21.1. The molecule has 5 nitrogen and oxygen atoms in total. The standard InChI is InChI=1S/C24H21ClN2O3/c1-16-5-3-8-20(13-16)26-24(29)22(14-17-9-11-21(30-2)12-10-17)27-23(28)18-6-4-7-19(25)15-18/h3-15H,1-2H3,(H,26,29)(H,27,28)/b22-14-. The van der Waals surface area contributed by atoms with Crippen molar-refractivity contribution in [2.45, 2.75) is 6.92 Å². The Labute approximate surface area is 180 Å². The van der Waals surface area contributed by atoms with Crippen LogP contribution in [-0.4, -0.2) is 18.9 Å². The van der Waals surface area contributed by atoms with Crippen LogP contribution in [0.5, 0.6) is 5.75 Å². The van der Waals surface area contributed by atoms with Gasteiger partial charge in [0, 0.05) is 16.3 Å². The summed E-state index contributed by atoms with van der Waals surface area (Å²) < 4.78 is 5.16. The van der Waals surface area contributed by atoms with Crippen molar-refractivity contribution < 1.29 is 14.3 Å². The van der Waals surface area contributed by atoms with Crippen molar-refractivity contribution in [1.82, 2.24) is 5.32 Å². The molecule has 2 amide bonds. The molecule has 0 aliphatic heterocycles. The van der Waals surface area contributed by atoms with Gasteiger partial charge in [0.25, 0.3) is 11.8 Å². The van der Waals surface area contributed by atoms with Crippen LogP contribution < -0.4 is 15.4 Å². The average molecular weight is 421 g/mol. The van der Waals surface area contributed by atoms with Gasteiger partial charge < -0.3 is 15.4 Å². The molecule has 6 heteroatoms. The number of hydrogen-bond acceptors (Lipinski definition) is 3. The second-order valence-electron chi connectivity index (χ2n) is 6.62. The minimum Gasteiger partial charge on any atom is -0.497 e. The Balaban J connectivity index is 1.89. The summed E-state index contributed by atoms with van der Waals surface area (Å²) in [6.45, 7) is 1.94. The fourth-order valence-corrected chi connectivity index (χ4v) is 2.96. The van der Waals surface area contributed by atoms with Crippen molar-refractivity contribution in [3.05, 3.63) is 100 Å². The number of ether oxygens (including phenoxy) is 1. The minimum absolute atomic E-state index is 0.103. The molecule has 0 heterocycles. The van der Waals surface area contributed by atoms with Crippen molar-refractivity contribution in [1.29, 1.82) is 0 Å². The fourth-order valence-electron chi connectivity index (χ4n) is 2.77. The van der Waals surface area contributed by atoms with Crippen molar-refractivity contribution in [3.8, 4) is 5.75 Å². The molecule has 0 aromatic heterocycles. The Morgan fingerprint density at radius 3 is 2.37 bits per heavy atom. The predicted molar refractivity (Wildman–Crippen MR) is 120 cm³/mol. The maximum atomic E-state index is 12.9. The number of aryl methyl sites for hydroxylation is 1. The summed E-state index contributed by atoms with van der Waals surface area (Å²) in [7, 11) is 1.58. The summed E-state index contributed by atoms with van der Waals surface area (Å²) in [5.74, 6) is -0.177. The molecule has 0 aliphatic rings. The molecule has 0 spiro atoms. The zero-order valence-electron chi connectivity index (χ0n) is 16.6. The maximum absolute atomic E-state index is 12.9. The number of rotatable bonds is 6. The molecular weight excluding hydrogens is 400 g/mol. The normalized spacial score (nSPS) is 11.0. The average Bonchev–Trinajstić information content (AvgIpc) is 2.73. The Kier molecular flexibility index (Phi) is 6.88. The molecule has 0 saturated heterocycles. The highest BCUT2D eigenvalue weighted by molar-refractivity contribution is 6.31. The van der Waals surface area contributed by atoms with Gasteiger partial charge in [0.15, 0.2) is 0 Å². The van der Waals surface area contributed by atoms with Crippen LogP contribution in [0.2, 0.25) is 5.02 Å². The molecule has 0 bridgehead atoms. The molecule has 0 aliphatic carbocycles. The quantitative estimate of drug-likeness (QED) is 0.547. The van der Waals surface area contributed by atoms with Gasteiger partial charge in [0.2, 0.25) is 0 Å². The molecule has 3 aromatic carbocycles. The van der Waals surface area contributed by atoms with Crippen LogP contribution in [0.3, 0.4) is 0 Å². The van der Waals surface area contributed by atoms with Crippen molar-refractivity contribution in [2.75, 3.05) is 12.4 Å². The number of halogens is 1. The van der Waals surface area contributed by atoms with E-state index < -0.39 is 11.8 Å². The third kappa shape index (κ3) is 5.72. The first-order valence-electron chi connectivity index (χ1n) is 9.25. The van der Waals surface area contributed by atoms with Crippen molar-refractivity contribution >= 4 is 35.2 Å². The lowest BCUT2D eigenvalue weighted by molar-refractivity contribution is -0.113. The second-order valence-corrected chi connectivity index (χ2v) is 7.06. The lowest BCUT2D eigenvalue weighted by Crippen LogP contribution is -2.30. The summed E-state index contributed by atoms with van der Waals surface area (Å²) in [5, 5.41) is 5.95. The zero-order chi connectivity index (χ0) is 21.5. The molecule has 3 rings (SSSR count).